The van der Waals surface area contributed by atoms with Gasteiger partial charge in [0.2, 0.25) is 0 Å². The third-order valence-electron chi connectivity index (χ3n) is 3.54. The van der Waals surface area contributed by atoms with Gasteiger partial charge < -0.3 is 5.32 Å². The second kappa shape index (κ2) is 7.10. The molecule has 1 aromatic carbocycles. The summed E-state index contributed by atoms with van der Waals surface area (Å²) in [7, 11) is 0. The summed E-state index contributed by atoms with van der Waals surface area (Å²) in [5, 5.41) is 6.61. The van der Waals surface area contributed by atoms with E-state index in [1.165, 1.54) is 22.9 Å². The Balaban J connectivity index is 1.91. The molecule has 0 bridgehead atoms. The van der Waals surface area contributed by atoms with Gasteiger partial charge in [-0.25, -0.2) is 9.37 Å². The molecule has 0 aliphatic rings. The molecule has 10 heteroatoms. The number of carbonyl (C=O) groups is 1. The Hall–Kier alpha value is -2.75. The normalized spacial score (nSPS) is 11.5. The molecular formula is C17H11BrF4N4O. The van der Waals surface area contributed by atoms with Crippen molar-refractivity contribution in [1.82, 2.24) is 14.8 Å². The molecular weight excluding hydrogens is 432 g/mol. The van der Waals surface area contributed by atoms with Gasteiger partial charge in [0.1, 0.15) is 11.6 Å². The van der Waals surface area contributed by atoms with E-state index in [1.807, 2.05) is 0 Å². The number of aromatic nitrogens is 3. The Morgan fingerprint density at radius 1 is 1.19 bits per heavy atom. The van der Waals surface area contributed by atoms with E-state index < -0.39 is 23.5 Å². The van der Waals surface area contributed by atoms with Crippen LogP contribution in [0.15, 0.2) is 47.1 Å². The second-order valence-electron chi connectivity index (χ2n) is 5.56. The Morgan fingerprint density at radius 2 is 1.93 bits per heavy atom. The molecule has 27 heavy (non-hydrogen) atoms. The maximum atomic E-state index is 14.0. The zero-order valence-corrected chi connectivity index (χ0v) is 15.3. The van der Waals surface area contributed by atoms with Gasteiger partial charge in [0.25, 0.3) is 5.91 Å². The molecule has 0 radical (unpaired) electrons. The van der Waals surface area contributed by atoms with Crippen LogP contribution in [0.1, 0.15) is 21.6 Å². The minimum absolute atomic E-state index is 0.0719. The summed E-state index contributed by atoms with van der Waals surface area (Å²) in [6.07, 6.45) is -3.84. The van der Waals surface area contributed by atoms with Crippen LogP contribution in [-0.2, 0) is 6.18 Å². The van der Waals surface area contributed by atoms with Gasteiger partial charge >= 0.3 is 6.18 Å². The zero-order valence-electron chi connectivity index (χ0n) is 13.7. The molecule has 0 atom stereocenters. The van der Waals surface area contributed by atoms with Crippen LogP contribution in [0.4, 0.5) is 23.4 Å². The second-order valence-corrected chi connectivity index (χ2v) is 6.48. The first-order chi connectivity index (χ1) is 12.6. The Labute approximate surface area is 159 Å². The minimum atomic E-state index is -4.51. The number of hydrogen-bond donors (Lipinski definition) is 1. The van der Waals surface area contributed by atoms with E-state index in [4.69, 9.17) is 0 Å². The van der Waals surface area contributed by atoms with Crippen molar-refractivity contribution in [3.63, 3.8) is 0 Å². The Kier molecular flexibility index (Phi) is 5.01. The van der Waals surface area contributed by atoms with Gasteiger partial charge in [0, 0.05) is 16.7 Å². The van der Waals surface area contributed by atoms with Crippen LogP contribution >= 0.6 is 15.9 Å². The van der Waals surface area contributed by atoms with E-state index in [-0.39, 0.29) is 17.2 Å². The number of hydrogen-bond acceptors (Lipinski definition) is 3. The molecule has 3 rings (SSSR count). The van der Waals surface area contributed by atoms with Gasteiger partial charge in [-0.05, 0) is 37.3 Å². The monoisotopic (exact) mass is 442 g/mol. The highest BCUT2D eigenvalue weighted by atomic mass is 79.9. The number of pyridine rings is 1. The summed E-state index contributed by atoms with van der Waals surface area (Å²) in [6.45, 7) is 1.64. The number of benzene rings is 1. The van der Waals surface area contributed by atoms with Gasteiger partial charge in [0.15, 0.2) is 5.82 Å². The van der Waals surface area contributed by atoms with Crippen molar-refractivity contribution >= 4 is 27.7 Å². The molecule has 0 spiro atoms. The van der Waals surface area contributed by atoms with E-state index in [0.29, 0.717) is 16.4 Å². The standard InChI is InChI=1S/C17H11BrF4N4O/c1-9-6-15(24-16(27)12-4-3-11(18)7-13(12)19)26(25-9)14-5-2-10(8-23-14)17(20,21)22/h2-8H,1H3,(H,24,27). The van der Waals surface area contributed by atoms with Crippen molar-refractivity contribution in [2.24, 2.45) is 0 Å². The number of aryl methyl sites for hydroxylation is 1. The summed E-state index contributed by atoms with van der Waals surface area (Å²) < 4.78 is 53.6. The average molecular weight is 443 g/mol. The van der Waals surface area contributed by atoms with Crippen LogP contribution in [0.25, 0.3) is 5.82 Å². The molecule has 1 amide bonds. The van der Waals surface area contributed by atoms with Crippen LogP contribution in [0, 0.1) is 12.7 Å². The van der Waals surface area contributed by atoms with E-state index in [1.54, 1.807) is 6.92 Å². The van der Waals surface area contributed by atoms with Gasteiger partial charge in [0.05, 0.1) is 16.8 Å². The lowest BCUT2D eigenvalue weighted by atomic mass is 10.2. The van der Waals surface area contributed by atoms with Crippen molar-refractivity contribution in [2.75, 3.05) is 5.32 Å². The summed E-state index contributed by atoms with van der Waals surface area (Å²) >= 11 is 3.10. The molecule has 2 heterocycles. The molecule has 1 N–H and O–H groups in total. The number of amides is 1. The zero-order chi connectivity index (χ0) is 19.8. The molecule has 0 aliphatic carbocycles. The fourth-order valence-electron chi connectivity index (χ4n) is 2.30. The lowest BCUT2D eigenvalue weighted by Crippen LogP contribution is -2.17. The van der Waals surface area contributed by atoms with Gasteiger partial charge in [-0.3, -0.25) is 4.79 Å². The average Bonchev–Trinajstić information content (AvgIpc) is 2.94. The molecule has 0 aliphatic heterocycles. The maximum absolute atomic E-state index is 14.0. The molecule has 0 saturated heterocycles. The highest BCUT2D eigenvalue weighted by Crippen LogP contribution is 2.29. The SMILES string of the molecule is Cc1cc(NC(=O)c2ccc(Br)cc2F)n(-c2ccc(C(F)(F)F)cn2)n1. The van der Waals surface area contributed by atoms with Crippen LogP contribution in [0.2, 0.25) is 0 Å². The topological polar surface area (TPSA) is 59.8 Å². The highest BCUT2D eigenvalue weighted by Gasteiger charge is 2.30. The molecule has 3 aromatic rings. The van der Waals surface area contributed by atoms with Crippen molar-refractivity contribution in [3.8, 4) is 5.82 Å². The first kappa shape index (κ1) is 19.0. The van der Waals surface area contributed by atoms with E-state index in [2.05, 4.69) is 31.3 Å². The first-order valence-electron chi connectivity index (χ1n) is 7.52. The van der Waals surface area contributed by atoms with Crippen LogP contribution < -0.4 is 5.32 Å². The van der Waals surface area contributed by atoms with Crippen molar-refractivity contribution < 1.29 is 22.4 Å². The lowest BCUT2D eigenvalue weighted by Gasteiger charge is -2.10. The van der Waals surface area contributed by atoms with E-state index in [0.717, 1.165) is 18.2 Å². The number of alkyl halides is 3. The number of carbonyl (C=O) groups excluding carboxylic acids is 1. The predicted molar refractivity (Wildman–Crippen MR) is 93.2 cm³/mol. The quantitative estimate of drug-likeness (QED) is 0.595. The minimum Gasteiger partial charge on any atom is -0.306 e. The largest absolute Gasteiger partial charge is 0.417 e. The molecule has 2 aromatic heterocycles. The van der Waals surface area contributed by atoms with Crippen molar-refractivity contribution in [3.05, 3.63) is 69.7 Å². The van der Waals surface area contributed by atoms with E-state index in [9.17, 15) is 22.4 Å². The molecule has 0 saturated carbocycles. The number of anilines is 1. The number of rotatable bonds is 3. The predicted octanol–water partition coefficient (Wildman–Crippen LogP) is 4.75. The molecule has 0 fully saturated rings. The first-order valence-corrected chi connectivity index (χ1v) is 8.31. The Bertz CT molecular complexity index is 999. The number of halogens is 5. The summed E-state index contributed by atoms with van der Waals surface area (Å²) in [6, 6.07) is 7.45. The summed E-state index contributed by atoms with van der Waals surface area (Å²) in [5.74, 6) is -1.24. The van der Waals surface area contributed by atoms with Crippen molar-refractivity contribution in [2.45, 2.75) is 13.1 Å². The van der Waals surface area contributed by atoms with Crippen LogP contribution in [0.3, 0.4) is 0 Å². The number of nitrogens with zero attached hydrogens (tertiary/aromatic N) is 3. The number of nitrogens with one attached hydrogen (secondary N) is 1. The maximum Gasteiger partial charge on any atom is 0.417 e. The highest BCUT2D eigenvalue weighted by molar-refractivity contribution is 9.10. The third kappa shape index (κ3) is 4.16. The summed E-state index contributed by atoms with van der Waals surface area (Å²) in [4.78, 5) is 16.1. The molecule has 5 nitrogen and oxygen atoms in total. The van der Waals surface area contributed by atoms with Gasteiger partial charge in [-0.1, -0.05) is 15.9 Å². The van der Waals surface area contributed by atoms with Crippen LogP contribution in [-0.4, -0.2) is 20.7 Å². The lowest BCUT2D eigenvalue weighted by molar-refractivity contribution is -0.137. The van der Waals surface area contributed by atoms with Gasteiger partial charge in [-0.2, -0.15) is 23.0 Å². The fraction of sp³-hybridized carbons (Fsp3) is 0.118. The summed E-state index contributed by atoms with van der Waals surface area (Å²) in [5.41, 5.74) is -0.607. The molecule has 140 valence electrons. The molecule has 0 unspecified atom stereocenters. The van der Waals surface area contributed by atoms with E-state index >= 15 is 0 Å². The van der Waals surface area contributed by atoms with Crippen molar-refractivity contribution in [1.29, 1.82) is 0 Å². The fourth-order valence-corrected chi connectivity index (χ4v) is 2.63. The smallest absolute Gasteiger partial charge is 0.306 e. The van der Waals surface area contributed by atoms with Crippen LogP contribution in [0.5, 0.6) is 0 Å². The Morgan fingerprint density at radius 3 is 2.52 bits per heavy atom. The third-order valence-corrected chi connectivity index (χ3v) is 4.03. The van der Waals surface area contributed by atoms with Gasteiger partial charge in [-0.15, -0.1) is 0 Å².